The van der Waals surface area contributed by atoms with Crippen molar-refractivity contribution in [2.75, 3.05) is 4.90 Å². The van der Waals surface area contributed by atoms with Gasteiger partial charge in [-0.15, -0.1) is 0 Å². The lowest BCUT2D eigenvalue weighted by atomic mass is 9.96. The molecule has 3 heteroatoms. The van der Waals surface area contributed by atoms with Gasteiger partial charge in [-0.05, 0) is 139 Å². The molecule has 13 aromatic carbocycles. The predicted molar refractivity (Wildman–Crippen MR) is 317 cm³/mol. The molecular formula is C72H46N2O. The fourth-order valence-electron chi connectivity index (χ4n) is 11.7. The van der Waals surface area contributed by atoms with Crippen LogP contribution in [0.4, 0.5) is 17.1 Å². The van der Waals surface area contributed by atoms with Crippen molar-refractivity contribution in [3.63, 3.8) is 0 Å². The number of benzene rings is 13. The molecule has 0 amide bonds. The van der Waals surface area contributed by atoms with Gasteiger partial charge in [-0.3, -0.25) is 0 Å². The van der Waals surface area contributed by atoms with Crippen molar-refractivity contribution in [2.45, 2.75) is 0 Å². The molecule has 2 aromatic heterocycles. The van der Waals surface area contributed by atoms with Crippen molar-refractivity contribution in [1.82, 2.24) is 4.57 Å². The highest BCUT2D eigenvalue weighted by atomic mass is 16.3. The lowest BCUT2D eigenvalue weighted by Gasteiger charge is -2.26. The number of hydrogen-bond donors (Lipinski definition) is 0. The van der Waals surface area contributed by atoms with Gasteiger partial charge in [0, 0.05) is 55.2 Å². The summed E-state index contributed by atoms with van der Waals surface area (Å²) in [5.41, 5.74) is 17.7. The zero-order valence-electron chi connectivity index (χ0n) is 40.9. The maximum absolute atomic E-state index is 6.85. The van der Waals surface area contributed by atoms with Crippen molar-refractivity contribution in [3.8, 4) is 50.2 Å². The van der Waals surface area contributed by atoms with E-state index in [0.717, 1.165) is 77.9 Å². The average molecular weight is 955 g/mol. The number of furan rings is 1. The Hall–Kier alpha value is -9.96. The van der Waals surface area contributed by atoms with Crippen LogP contribution in [0.5, 0.6) is 0 Å². The monoisotopic (exact) mass is 954 g/mol. The van der Waals surface area contributed by atoms with Crippen molar-refractivity contribution >= 4 is 93.1 Å². The van der Waals surface area contributed by atoms with E-state index in [0.29, 0.717) is 0 Å². The summed E-state index contributed by atoms with van der Waals surface area (Å²) in [7, 11) is 0. The molecular weight excluding hydrogens is 909 g/mol. The molecule has 15 aromatic rings. The summed E-state index contributed by atoms with van der Waals surface area (Å²) in [5, 5.41) is 12.1. The molecule has 0 N–H and O–H groups in total. The van der Waals surface area contributed by atoms with Crippen LogP contribution < -0.4 is 4.90 Å². The molecule has 0 aliphatic carbocycles. The molecule has 0 bridgehead atoms. The molecule has 0 saturated carbocycles. The van der Waals surface area contributed by atoms with Gasteiger partial charge in [0.1, 0.15) is 11.2 Å². The van der Waals surface area contributed by atoms with E-state index in [9.17, 15) is 0 Å². The number of rotatable bonds is 8. The Morgan fingerprint density at radius 3 is 1.43 bits per heavy atom. The standard InChI is InChI=1S/C72H46N2O/c1-3-18-61-51(12-1)30-31-56-44-54(37-42-62(56)61)49-28-26-47(27-29-49)48-32-38-57(39-33-48)73(59-16-10-15-55(46-59)64-22-11-23-67-68-43-36-52-13-2-4-19-63(52)71(68)75-72(64)67)58-40-34-50(35-41-58)53-14-9-17-60(45-53)74-69-24-7-5-20-65(69)66-21-6-8-25-70(66)74/h1-46H. The van der Waals surface area contributed by atoms with E-state index in [1.165, 1.54) is 65.4 Å². The first-order chi connectivity index (χ1) is 37.2. The molecule has 75 heavy (non-hydrogen) atoms. The Labute approximate surface area is 434 Å². The van der Waals surface area contributed by atoms with Crippen molar-refractivity contribution in [3.05, 3.63) is 279 Å². The van der Waals surface area contributed by atoms with Crippen LogP contribution in [0.3, 0.4) is 0 Å². The van der Waals surface area contributed by atoms with E-state index in [1.54, 1.807) is 0 Å². The summed E-state index contributed by atoms with van der Waals surface area (Å²) >= 11 is 0. The van der Waals surface area contributed by atoms with E-state index >= 15 is 0 Å². The van der Waals surface area contributed by atoms with E-state index in [-0.39, 0.29) is 0 Å². The first kappa shape index (κ1) is 42.7. The van der Waals surface area contributed by atoms with Gasteiger partial charge in [-0.1, -0.05) is 206 Å². The summed E-state index contributed by atoms with van der Waals surface area (Å²) in [6, 6.07) is 101. The molecule has 0 radical (unpaired) electrons. The molecule has 0 aliphatic heterocycles. The van der Waals surface area contributed by atoms with E-state index < -0.39 is 0 Å². The number of nitrogens with zero attached hydrogens (tertiary/aromatic N) is 2. The van der Waals surface area contributed by atoms with Gasteiger partial charge in [0.05, 0.1) is 11.0 Å². The second kappa shape index (κ2) is 17.4. The number of aromatic nitrogens is 1. The Morgan fingerprint density at radius 1 is 0.253 bits per heavy atom. The van der Waals surface area contributed by atoms with E-state index in [2.05, 4.69) is 289 Å². The Balaban J connectivity index is 0.799. The van der Waals surface area contributed by atoms with Crippen LogP contribution in [0.1, 0.15) is 0 Å². The quantitative estimate of drug-likeness (QED) is 0.142. The molecule has 2 heterocycles. The molecule has 3 nitrogen and oxygen atoms in total. The van der Waals surface area contributed by atoms with Gasteiger partial charge in [0.15, 0.2) is 0 Å². The Bertz CT molecular complexity index is 4640. The normalized spacial score (nSPS) is 11.7. The number of hydrogen-bond acceptors (Lipinski definition) is 2. The zero-order chi connectivity index (χ0) is 49.4. The highest BCUT2D eigenvalue weighted by molar-refractivity contribution is 6.17. The summed E-state index contributed by atoms with van der Waals surface area (Å²) in [6.07, 6.45) is 0. The first-order valence-corrected chi connectivity index (χ1v) is 25.7. The molecule has 0 spiro atoms. The van der Waals surface area contributed by atoms with Crippen molar-refractivity contribution < 1.29 is 4.42 Å². The molecule has 15 rings (SSSR count). The molecule has 0 aliphatic rings. The lowest BCUT2D eigenvalue weighted by Crippen LogP contribution is -2.10. The summed E-state index contributed by atoms with van der Waals surface area (Å²) in [5.74, 6) is 0. The van der Waals surface area contributed by atoms with E-state index in [1.807, 2.05) is 0 Å². The first-order valence-electron chi connectivity index (χ1n) is 25.7. The number of fused-ring (bicyclic) bond motifs is 11. The number of anilines is 3. The van der Waals surface area contributed by atoms with Crippen LogP contribution >= 0.6 is 0 Å². The highest BCUT2D eigenvalue weighted by Gasteiger charge is 2.19. The molecule has 350 valence electrons. The van der Waals surface area contributed by atoms with Crippen LogP contribution in [0.15, 0.2) is 283 Å². The van der Waals surface area contributed by atoms with Crippen LogP contribution in [0.25, 0.3) is 126 Å². The van der Waals surface area contributed by atoms with E-state index in [4.69, 9.17) is 4.42 Å². The van der Waals surface area contributed by atoms with Crippen molar-refractivity contribution in [2.24, 2.45) is 0 Å². The lowest BCUT2D eigenvalue weighted by molar-refractivity contribution is 0.674. The van der Waals surface area contributed by atoms with Crippen LogP contribution in [0, 0.1) is 0 Å². The summed E-state index contributed by atoms with van der Waals surface area (Å²) in [4.78, 5) is 2.36. The summed E-state index contributed by atoms with van der Waals surface area (Å²) < 4.78 is 9.24. The fraction of sp³-hybridized carbons (Fsp3) is 0. The third kappa shape index (κ3) is 7.20. The SMILES string of the molecule is c1cc(-c2cccc3c2oc2c4ccccc4ccc32)cc(N(c2ccc(-c3ccc(-c4ccc5c(ccc6ccccc65)c4)cc3)cc2)c2ccc(-c3cccc(-n4c5ccccc5c5ccccc54)c3)cc2)c1. The van der Waals surface area contributed by atoms with Gasteiger partial charge in [-0.2, -0.15) is 0 Å². The smallest absolute Gasteiger partial charge is 0.143 e. The topological polar surface area (TPSA) is 21.3 Å². The van der Waals surface area contributed by atoms with Gasteiger partial charge in [0.25, 0.3) is 0 Å². The second-order valence-corrected chi connectivity index (χ2v) is 19.6. The molecule has 0 fully saturated rings. The third-order valence-electron chi connectivity index (χ3n) is 15.4. The Morgan fingerprint density at radius 2 is 0.720 bits per heavy atom. The minimum Gasteiger partial charge on any atom is -0.455 e. The maximum atomic E-state index is 6.85. The molecule has 0 atom stereocenters. The van der Waals surface area contributed by atoms with Crippen molar-refractivity contribution in [1.29, 1.82) is 0 Å². The van der Waals surface area contributed by atoms with Gasteiger partial charge < -0.3 is 13.9 Å². The predicted octanol–water partition coefficient (Wildman–Crippen LogP) is 20.3. The minimum absolute atomic E-state index is 0.893. The summed E-state index contributed by atoms with van der Waals surface area (Å²) in [6.45, 7) is 0. The molecule has 0 saturated heterocycles. The van der Waals surface area contributed by atoms with Gasteiger partial charge >= 0.3 is 0 Å². The van der Waals surface area contributed by atoms with Gasteiger partial charge in [0.2, 0.25) is 0 Å². The highest BCUT2D eigenvalue weighted by Crippen LogP contribution is 2.43. The van der Waals surface area contributed by atoms with Crippen LogP contribution in [-0.4, -0.2) is 4.57 Å². The van der Waals surface area contributed by atoms with Gasteiger partial charge in [-0.25, -0.2) is 0 Å². The molecule has 0 unspecified atom stereocenters. The average Bonchev–Trinajstić information content (AvgIpc) is 4.08. The van der Waals surface area contributed by atoms with Crippen LogP contribution in [0.2, 0.25) is 0 Å². The fourth-order valence-corrected chi connectivity index (χ4v) is 11.7. The van der Waals surface area contributed by atoms with Crippen LogP contribution in [-0.2, 0) is 0 Å². The third-order valence-corrected chi connectivity index (χ3v) is 15.4. The number of para-hydroxylation sites is 3. The minimum atomic E-state index is 0.893. The zero-order valence-corrected chi connectivity index (χ0v) is 40.9. The Kier molecular flexibility index (Phi) is 9.89. The largest absolute Gasteiger partial charge is 0.455 e. The second-order valence-electron chi connectivity index (χ2n) is 19.6. The maximum Gasteiger partial charge on any atom is 0.143 e.